The van der Waals surface area contributed by atoms with Crippen LogP contribution in [0.5, 0.6) is 0 Å². The molecule has 0 saturated carbocycles. The van der Waals surface area contributed by atoms with E-state index in [0.717, 1.165) is 49.1 Å². The van der Waals surface area contributed by atoms with Gasteiger partial charge in [0.2, 0.25) is 5.96 Å². The van der Waals surface area contributed by atoms with Crippen molar-refractivity contribution < 1.29 is 0 Å². The topological polar surface area (TPSA) is 22.1 Å². The lowest BCUT2D eigenvalue weighted by Crippen LogP contribution is -2.51. The van der Waals surface area contributed by atoms with E-state index in [0.29, 0.717) is 5.02 Å². The fourth-order valence-corrected chi connectivity index (χ4v) is 2.84. The second-order valence-electron chi connectivity index (χ2n) is 5.36. The third kappa shape index (κ3) is 2.57. The summed E-state index contributed by atoms with van der Waals surface area (Å²) in [6, 6.07) is 5.71. The number of guanidine groups is 1. The van der Waals surface area contributed by atoms with E-state index in [4.69, 9.17) is 16.6 Å². The van der Waals surface area contributed by atoms with E-state index >= 15 is 0 Å². The molecule has 1 aromatic carbocycles. The Morgan fingerprint density at radius 2 is 1.95 bits per heavy atom. The molecule has 0 atom stereocenters. The van der Waals surface area contributed by atoms with E-state index in [1.54, 1.807) is 6.20 Å². The third-order valence-corrected chi connectivity index (χ3v) is 4.20. The quantitative estimate of drug-likeness (QED) is 0.796. The van der Waals surface area contributed by atoms with Crippen molar-refractivity contribution in [3.05, 3.63) is 48.1 Å². The van der Waals surface area contributed by atoms with E-state index in [-0.39, 0.29) is 0 Å². The minimum absolute atomic E-state index is 0.692. The van der Waals surface area contributed by atoms with Crippen LogP contribution in [0.1, 0.15) is 5.56 Å². The van der Waals surface area contributed by atoms with Gasteiger partial charge in [0, 0.05) is 43.0 Å². The molecule has 110 valence electrons. The molecular formula is C16H19ClN4. The van der Waals surface area contributed by atoms with E-state index in [9.17, 15) is 0 Å². The van der Waals surface area contributed by atoms with Crippen LogP contribution in [0.3, 0.4) is 0 Å². The second-order valence-corrected chi connectivity index (χ2v) is 5.80. The van der Waals surface area contributed by atoms with Crippen molar-refractivity contribution in [1.29, 1.82) is 0 Å². The zero-order chi connectivity index (χ0) is 15.0. The van der Waals surface area contributed by atoms with Crippen molar-refractivity contribution in [1.82, 2.24) is 14.7 Å². The smallest absolute Gasteiger partial charge is 0.210 e. The van der Waals surface area contributed by atoms with Gasteiger partial charge in [-0.05, 0) is 25.2 Å². The molecule has 5 heteroatoms. The molecule has 0 N–H and O–H groups in total. The first kappa shape index (κ1) is 14.2. The normalized spacial score (nSPS) is 19.3. The summed E-state index contributed by atoms with van der Waals surface area (Å²) in [5.41, 5.74) is 2.74. The average molecular weight is 303 g/mol. The summed E-state index contributed by atoms with van der Waals surface area (Å²) in [4.78, 5) is 11.3. The molecular weight excluding hydrogens is 284 g/mol. The SMILES string of the molecule is C=CN1C(=C)c2cc(Cl)ccc2N=C1N1CCN(C)CC1. The van der Waals surface area contributed by atoms with Gasteiger partial charge >= 0.3 is 0 Å². The molecule has 2 heterocycles. The first-order chi connectivity index (χ1) is 10.1. The molecule has 0 bridgehead atoms. The van der Waals surface area contributed by atoms with E-state index in [1.807, 2.05) is 23.1 Å². The number of hydrogen-bond acceptors (Lipinski definition) is 4. The number of piperazine rings is 1. The molecule has 0 amide bonds. The third-order valence-electron chi connectivity index (χ3n) is 3.96. The minimum atomic E-state index is 0.692. The van der Waals surface area contributed by atoms with E-state index in [2.05, 4.69) is 30.0 Å². The number of likely N-dealkylation sites (N-methyl/N-ethyl adjacent to an activating group) is 1. The Bertz CT molecular complexity index is 615. The maximum atomic E-state index is 6.08. The predicted octanol–water partition coefficient (Wildman–Crippen LogP) is 3.00. The van der Waals surface area contributed by atoms with Crippen LogP contribution >= 0.6 is 11.6 Å². The molecule has 0 unspecified atom stereocenters. The maximum Gasteiger partial charge on any atom is 0.210 e. The Kier molecular flexibility index (Phi) is 3.74. The summed E-state index contributed by atoms with van der Waals surface area (Å²) in [7, 11) is 2.14. The van der Waals surface area contributed by atoms with Crippen LogP contribution in [0, 0.1) is 0 Å². The summed E-state index contributed by atoms with van der Waals surface area (Å²) in [5.74, 6) is 0.901. The van der Waals surface area contributed by atoms with Crippen LogP contribution < -0.4 is 0 Å². The van der Waals surface area contributed by atoms with Gasteiger partial charge < -0.3 is 9.80 Å². The van der Waals surface area contributed by atoms with Crippen molar-refractivity contribution >= 4 is 28.9 Å². The van der Waals surface area contributed by atoms with Gasteiger partial charge in [0.25, 0.3) is 0 Å². The van der Waals surface area contributed by atoms with Gasteiger partial charge in [0.15, 0.2) is 0 Å². The summed E-state index contributed by atoms with van der Waals surface area (Å²) in [6.45, 7) is 12.1. The average Bonchev–Trinajstić information content (AvgIpc) is 2.48. The van der Waals surface area contributed by atoms with E-state index in [1.165, 1.54) is 0 Å². The summed E-state index contributed by atoms with van der Waals surface area (Å²) in [6.07, 6.45) is 1.77. The lowest BCUT2D eigenvalue weighted by atomic mass is 10.1. The molecule has 1 fully saturated rings. The van der Waals surface area contributed by atoms with Crippen molar-refractivity contribution in [3.8, 4) is 0 Å². The summed E-state index contributed by atoms with van der Waals surface area (Å²) >= 11 is 6.08. The molecule has 2 aliphatic heterocycles. The standard InChI is InChI=1S/C16H19ClN4/c1-4-21-12(2)14-11-13(17)5-6-15(14)18-16(21)20-9-7-19(3)8-10-20/h4-6,11H,1-2,7-10H2,3H3. The number of fused-ring (bicyclic) bond motifs is 1. The van der Waals surface area contributed by atoms with Crippen molar-refractivity contribution in [2.75, 3.05) is 33.2 Å². The van der Waals surface area contributed by atoms with Crippen LogP contribution in [-0.2, 0) is 0 Å². The van der Waals surface area contributed by atoms with Crippen molar-refractivity contribution in [2.24, 2.45) is 4.99 Å². The minimum Gasteiger partial charge on any atom is -0.339 e. The molecule has 2 aliphatic rings. The van der Waals surface area contributed by atoms with Gasteiger partial charge in [0.05, 0.1) is 11.4 Å². The second kappa shape index (κ2) is 5.54. The van der Waals surface area contributed by atoms with Crippen LogP contribution in [0.25, 0.3) is 5.70 Å². The van der Waals surface area contributed by atoms with Gasteiger partial charge in [-0.1, -0.05) is 24.8 Å². The van der Waals surface area contributed by atoms with Crippen LogP contribution in [0.15, 0.2) is 42.5 Å². The Labute approximate surface area is 130 Å². The van der Waals surface area contributed by atoms with Crippen LogP contribution in [-0.4, -0.2) is 53.9 Å². The zero-order valence-corrected chi connectivity index (χ0v) is 13.0. The van der Waals surface area contributed by atoms with Gasteiger partial charge in [-0.15, -0.1) is 0 Å². The Balaban J connectivity index is 2.00. The van der Waals surface area contributed by atoms with E-state index < -0.39 is 0 Å². The fraction of sp³-hybridized carbons (Fsp3) is 0.312. The number of hydrogen-bond donors (Lipinski definition) is 0. The molecule has 0 radical (unpaired) electrons. The fourth-order valence-electron chi connectivity index (χ4n) is 2.67. The zero-order valence-electron chi connectivity index (χ0n) is 12.2. The molecule has 3 rings (SSSR count). The van der Waals surface area contributed by atoms with Gasteiger partial charge in [0.1, 0.15) is 0 Å². The molecule has 4 nitrogen and oxygen atoms in total. The number of benzene rings is 1. The Morgan fingerprint density at radius 1 is 1.24 bits per heavy atom. The highest BCUT2D eigenvalue weighted by Gasteiger charge is 2.27. The number of rotatable bonds is 1. The summed E-state index contributed by atoms with van der Waals surface area (Å²) < 4.78 is 0. The van der Waals surface area contributed by atoms with Crippen molar-refractivity contribution in [3.63, 3.8) is 0 Å². The summed E-state index contributed by atoms with van der Waals surface area (Å²) in [5, 5.41) is 0.692. The van der Waals surface area contributed by atoms with Crippen molar-refractivity contribution in [2.45, 2.75) is 0 Å². The number of halogens is 1. The highest BCUT2D eigenvalue weighted by molar-refractivity contribution is 6.31. The Hall–Kier alpha value is -1.78. The van der Waals surface area contributed by atoms with Gasteiger partial charge in [-0.2, -0.15) is 0 Å². The monoisotopic (exact) mass is 302 g/mol. The number of aliphatic imine (C=N–C) groups is 1. The lowest BCUT2D eigenvalue weighted by molar-refractivity contribution is 0.207. The predicted molar refractivity (Wildman–Crippen MR) is 88.7 cm³/mol. The number of nitrogens with zero attached hydrogens (tertiary/aromatic N) is 4. The largest absolute Gasteiger partial charge is 0.339 e. The lowest BCUT2D eigenvalue weighted by Gasteiger charge is -2.40. The molecule has 1 saturated heterocycles. The highest BCUT2D eigenvalue weighted by atomic mass is 35.5. The molecule has 1 aromatic rings. The van der Waals surface area contributed by atoms with Crippen LogP contribution in [0.2, 0.25) is 5.02 Å². The first-order valence-electron chi connectivity index (χ1n) is 7.03. The molecule has 21 heavy (non-hydrogen) atoms. The maximum absolute atomic E-state index is 6.08. The van der Waals surface area contributed by atoms with Crippen LogP contribution in [0.4, 0.5) is 5.69 Å². The Morgan fingerprint density at radius 3 is 2.62 bits per heavy atom. The highest BCUT2D eigenvalue weighted by Crippen LogP contribution is 2.35. The first-order valence-corrected chi connectivity index (χ1v) is 7.41. The van der Waals surface area contributed by atoms with Gasteiger partial charge in [-0.3, -0.25) is 4.90 Å². The molecule has 0 spiro atoms. The molecule has 0 aliphatic carbocycles. The molecule has 0 aromatic heterocycles. The van der Waals surface area contributed by atoms with Gasteiger partial charge in [-0.25, -0.2) is 4.99 Å².